The van der Waals surface area contributed by atoms with Gasteiger partial charge in [0, 0.05) is 11.8 Å². The van der Waals surface area contributed by atoms with Crippen LogP contribution in [0.2, 0.25) is 0 Å². The van der Waals surface area contributed by atoms with Gasteiger partial charge in [-0.25, -0.2) is 4.98 Å². The summed E-state index contributed by atoms with van der Waals surface area (Å²) in [5.41, 5.74) is 3.77. The maximum absolute atomic E-state index is 12.5. The molecule has 0 bridgehead atoms. The molecule has 0 radical (unpaired) electrons. The largest absolute Gasteiger partial charge is 0.491 e. The summed E-state index contributed by atoms with van der Waals surface area (Å²) < 4.78 is 10.7. The highest BCUT2D eigenvalue weighted by molar-refractivity contribution is 5.97. The molecule has 1 aliphatic rings. The lowest BCUT2D eigenvalue weighted by atomic mass is 10.1. The molecule has 4 rings (SSSR count). The van der Waals surface area contributed by atoms with Crippen molar-refractivity contribution in [3.8, 4) is 5.75 Å². The summed E-state index contributed by atoms with van der Waals surface area (Å²) in [7, 11) is 0. The summed E-state index contributed by atoms with van der Waals surface area (Å²) >= 11 is 0. The zero-order valence-corrected chi connectivity index (χ0v) is 12.8. The van der Waals surface area contributed by atoms with Gasteiger partial charge in [-0.05, 0) is 26.0 Å². The van der Waals surface area contributed by atoms with E-state index in [0.717, 1.165) is 22.3 Å². The van der Waals surface area contributed by atoms with Crippen LogP contribution in [0, 0.1) is 13.8 Å². The molecule has 1 aromatic carbocycles. The van der Waals surface area contributed by atoms with Gasteiger partial charge in [0.1, 0.15) is 12.4 Å². The molecule has 0 fully saturated rings. The number of carbonyl (C=O) groups is 1. The molecule has 0 spiro atoms. The van der Waals surface area contributed by atoms with Gasteiger partial charge < -0.3 is 14.6 Å². The van der Waals surface area contributed by atoms with Crippen molar-refractivity contribution < 1.29 is 14.1 Å². The third-order valence-electron chi connectivity index (χ3n) is 4.02. The standard InChI is InChI=1S/C17H15N3O3/c1-9-3-4-15-13(5-9)14(8-22-15)19-16(21)11-6-12-10(2)20-23-17(12)18-7-11/h3-7,14H,8H2,1-2H3,(H,19,21)/t14-/m0/s1. The van der Waals surface area contributed by atoms with E-state index in [1.807, 2.05) is 32.0 Å². The van der Waals surface area contributed by atoms with Crippen LogP contribution in [0.1, 0.15) is 33.2 Å². The van der Waals surface area contributed by atoms with Crippen molar-refractivity contribution in [1.29, 1.82) is 0 Å². The highest BCUT2D eigenvalue weighted by Crippen LogP contribution is 2.33. The monoisotopic (exact) mass is 309 g/mol. The first-order valence-corrected chi connectivity index (χ1v) is 7.38. The summed E-state index contributed by atoms with van der Waals surface area (Å²) in [5, 5.41) is 7.60. The minimum atomic E-state index is -0.192. The van der Waals surface area contributed by atoms with Crippen molar-refractivity contribution in [2.45, 2.75) is 19.9 Å². The Morgan fingerprint density at radius 1 is 1.30 bits per heavy atom. The van der Waals surface area contributed by atoms with Gasteiger partial charge in [0.05, 0.1) is 22.7 Å². The van der Waals surface area contributed by atoms with E-state index in [9.17, 15) is 4.79 Å². The first-order chi connectivity index (χ1) is 11.1. The SMILES string of the molecule is Cc1ccc2c(c1)[C@@H](NC(=O)c1cnc3onc(C)c3c1)CO2. The zero-order chi connectivity index (χ0) is 16.0. The van der Waals surface area contributed by atoms with Gasteiger partial charge >= 0.3 is 0 Å². The van der Waals surface area contributed by atoms with Crippen LogP contribution in [-0.4, -0.2) is 22.7 Å². The third kappa shape index (κ3) is 2.32. The second-order valence-electron chi connectivity index (χ2n) is 5.72. The topological polar surface area (TPSA) is 77.3 Å². The Balaban J connectivity index is 1.61. The van der Waals surface area contributed by atoms with Gasteiger partial charge in [-0.2, -0.15) is 0 Å². The second-order valence-corrected chi connectivity index (χ2v) is 5.72. The molecule has 1 aliphatic heterocycles. The molecular weight excluding hydrogens is 294 g/mol. The average molecular weight is 309 g/mol. The van der Waals surface area contributed by atoms with E-state index in [0.29, 0.717) is 23.6 Å². The maximum atomic E-state index is 12.5. The molecule has 0 saturated carbocycles. The number of fused-ring (bicyclic) bond motifs is 2. The van der Waals surface area contributed by atoms with Crippen molar-refractivity contribution in [3.63, 3.8) is 0 Å². The second kappa shape index (κ2) is 5.08. The minimum absolute atomic E-state index is 0.156. The van der Waals surface area contributed by atoms with Crippen LogP contribution in [-0.2, 0) is 0 Å². The third-order valence-corrected chi connectivity index (χ3v) is 4.02. The molecule has 23 heavy (non-hydrogen) atoms. The van der Waals surface area contributed by atoms with E-state index in [1.165, 1.54) is 6.20 Å². The Bertz CT molecular complexity index is 917. The van der Waals surface area contributed by atoms with Crippen molar-refractivity contribution in [3.05, 3.63) is 52.8 Å². The van der Waals surface area contributed by atoms with E-state index in [-0.39, 0.29) is 11.9 Å². The van der Waals surface area contributed by atoms with E-state index < -0.39 is 0 Å². The quantitative estimate of drug-likeness (QED) is 0.787. The van der Waals surface area contributed by atoms with Gasteiger partial charge in [0.2, 0.25) is 0 Å². The van der Waals surface area contributed by atoms with Crippen LogP contribution in [0.4, 0.5) is 0 Å². The number of rotatable bonds is 2. The number of amides is 1. The van der Waals surface area contributed by atoms with Crippen LogP contribution < -0.4 is 10.1 Å². The highest BCUT2D eigenvalue weighted by Gasteiger charge is 2.26. The van der Waals surface area contributed by atoms with Crippen molar-refractivity contribution in [2.75, 3.05) is 6.61 Å². The first-order valence-electron chi connectivity index (χ1n) is 7.38. The van der Waals surface area contributed by atoms with Crippen LogP contribution in [0.15, 0.2) is 35.0 Å². The minimum Gasteiger partial charge on any atom is -0.491 e. The molecule has 0 saturated heterocycles. The van der Waals surface area contributed by atoms with Crippen LogP contribution in [0.25, 0.3) is 11.1 Å². The molecule has 1 atom stereocenters. The zero-order valence-electron chi connectivity index (χ0n) is 12.8. The number of ether oxygens (including phenoxy) is 1. The van der Waals surface area contributed by atoms with E-state index >= 15 is 0 Å². The Morgan fingerprint density at radius 3 is 3.04 bits per heavy atom. The molecule has 3 aromatic rings. The molecule has 116 valence electrons. The number of hydrogen-bond donors (Lipinski definition) is 1. The van der Waals surface area contributed by atoms with E-state index in [1.54, 1.807) is 6.07 Å². The van der Waals surface area contributed by atoms with Gasteiger partial charge in [0.15, 0.2) is 0 Å². The van der Waals surface area contributed by atoms with Crippen molar-refractivity contribution in [2.24, 2.45) is 0 Å². The van der Waals surface area contributed by atoms with Crippen LogP contribution in [0.5, 0.6) is 5.75 Å². The molecule has 2 aromatic heterocycles. The first kappa shape index (κ1) is 13.8. The lowest BCUT2D eigenvalue weighted by molar-refractivity contribution is 0.0930. The van der Waals surface area contributed by atoms with Crippen LogP contribution in [0.3, 0.4) is 0 Å². The highest BCUT2D eigenvalue weighted by atomic mass is 16.5. The molecule has 0 unspecified atom stereocenters. The average Bonchev–Trinajstić information content (AvgIpc) is 3.11. The summed E-state index contributed by atoms with van der Waals surface area (Å²) in [6.07, 6.45) is 1.50. The molecule has 6 heteroatoms. The van der Waals surface area contributed by atoms with Crippen LogP contribution >= 0.6 is 0 Å². The number of carbonyl (C=O) groups excluding carboxylic acids is 1. The predicted molar refractivity (Wildman–Crippen MR) is 83.4 cm³/mol. The number of nitrogens with one attached hydrogen (secondary N) is 1. The molecule has 1 N–H and O–H groups in total. The van der Waals surface area contributed by atoms with Gasteiger partial charge in [-0.1, -0.05) is 22.9 Å². The summed E-state index contributed by atoms with van der Waals surface area (Å²) in [6.45, 7) is 4.27. The Labute approximate surface area is 132 Å². The van der Waals surface area contributed by atoms with E-state index in [4.69, 9.17) is 9.26 Å². The number of hydrogen-bond acceptors (Lipinski definition) is 5. The molecular formula is C17H15N3O3. The van der Waals surface area contributed by atoms with Crippen molar-refractivity contribution in [1.82, 2.24) is 15.5 Å². The molecule has 6 nitrogen and oxygen atoms in total. The van der Waals surface area contributed by atoms with Gasteiger partial charge in [-0.3, -0.25) is 4.79 Å². The normalized spacial score (nSPS) is 16.2. The van der Waals surface area contributed by atoms with Gasteiger partial charge in [0.25, 0.3) is 11.6 Å². The summed E-state index contributed by atoms with van der Waals surface area (Å²) in [5.74, 6) is 0.632. The molecule has 3 heterocycles. The number of aromatic nitrogens is 2. The lowest BCUT2D eigenvalue weighted by Crippen LogP contribution is -2.29. The number of aryl methyl sites for hydroxylation is 2. The van der Waals surface area contributed by atoms with Gasteiger partial charge in [-0.15, -0.1) is 0 Å². The molecule has 1 amide bonds. The Hall–Kier alpha value is -2.89. The maximum Gasteiger partial charge on any atom is 0.257 e. The van der Waals surface area contributed by atoms with Crippen molar-refractivity contribution >= 4 is 17.0 Å². The fourth-order valence-corrected chi connectivity index (χ4v) is 2.76. The molecule has 0 aliphatic carbocycles. The Morgan fingerprint density at radius 2 is 2.17 bits per heavy atom. The predicted octanol–water partition coefficient (Wildman–Crippen LogP) is 2.70. The summed E-state index contributed by atoms with van der Waals surface area (Å²) in [6, 6.07) is 7.56. The number of benzene rings is 1. The van der Waals surface area contributed by atoms with E-state index in [2.05, 4.69) is 15.5 Å². The number of pyridine rings is 1. The lowest BCUT2D eigenvalue weighted by Gasteiger charge is -2.12. The fraction of sp³-hybridized carbons (Fsp3) is 0.235. The number of nitrogens with zero attached hydrogens (tertiary/aromatic N) is 2. The fourth-order valence-electron chi connectivity index (χ4n) is 2.76. The summed E-state index contributed by atoms with van der Waals surface area (Å²) in [4.78, 5) is 16.6. The Kier molecular flexibility index (Phi) is 3.04. The smallest absolute Gasteiger partial charge is 0.257 e.